The van der Waals surface area contributed by atoms with Crippen molar-refractivity contribution < 1.29 is 9.90 Å². The zero-order valence-electron chi connectivity index (χ0n) is 11.6. The van der Waals surface area contributed by atoms with Crippen molar-refractivity contribution in [2.45, 2.75) is 31.7 Å². The van der Waals surface area contributed by atoms with Crippen molar-refractivity contribution >= 4 is 34.2 Å². The van der Waals surface area contributed by atoms with Gasteiger partial charge in [0.2, 0.25) is 0 Å². The molecule has 0 saturated heterocycles. The second kappa shape index (κ2) is 5.90. The SMILES string of the molecule is O=C(O)C1CCCC(Nc2ccc(Cl)c3ncccc23)C1. The molecule has 2 N–H and O–H groups in total. The highest BCUT2D eigenvalue weighted by molar-refractivity contribution is 6.35. The van der Waals surface area contributed by atoms with E-state index in [1.54, 1.807) is 6.20 Å². The summed E-state index contributed by atoms with van der Waals surface area (Å²) in [4.78, 5) is 15.5. The van der Waals surface area contributed by atoms with Gasteiger partial charge in [0.15, 0.2) is 0 Å². The van der Waals surface area contributed by atoms with Gasteiger partial charge >= 0.3 is 5.97 Å². The van der Waals surface area contributed by atoms with Crippen LogP contribution in [0.2, 0.25) is 5.02 Å². The number of halogens is 1. The molecular weight excluding hydrogens is 288 g/mol. The molecule has 110 valence electrons. The molecule has 1 saturated carbocycles. The number of fused-ring (bicyclic) bond motifs is 1. The van der Waals surface area contributed by atoms with Gasteiger partial charge < -0.3 is 10.4 Å². The Balaban J connectivity index is 1.85. The van der Waals surface area contributed by atoms with E-state index in [0.717, 1.165) is 35.9 Å². The van der Waals surface area contributed by atoms with Crippen LogP contribution >= 0.6 is 11.6 Å². The van der Waals surface area contributed by atoms with Gasteiger partial charge in [0.1, 0.15) is 0 Å². The van der Waals surface area contributed by atoms with Gasteiger partial charge in [-0.2, -0.15) is 0 Å². The van der Waals surface area contributed by atoms with Crippen molar-refractivity contribution in [1.29, 1.82) is 0 Å². The summed E-state index contributed by atoms with van der Waals surface area (Å²) >= 11 is 6.17. The summed E-state index contributed by atoms with van der Waals surface area (Å²) in [6.07, 6.45) is 5.10. The van der Waals surface area contributed by atoms with Crippen molar-refractivity contribution in [3.63, 3.8) is 0 Å². The third kappa shape index (κ3) is 2.95. The molecule has 2 unspecified atom stereocenters. The van der Waals surface area contributed by atoms with E-state index >= 15 is 0 Å². The van der Waals surface area contributed by atoms with E-state index in [2.05, 4.69) is 10.3 Å². The van der Waals surface area contributed by atoms with Gasteiger partial charge in [-0.25, -0.2) is 0 Å². The summed E-state index contributed by atoms with van der Waals surface area (Å²) in [6.45, 7) is 0. The molecule has 21 heavy (non-hydrogen) atoms. The van der Waals surface area contributed by atoms with Crippen LogP contribution in [0.1, 0.15) is 25.7 Å². The van der Waals surface area contributed by atoms with Crippen molar-refractivity contribution in [2.75, 3.05) is 5.32 Å². The van der Waals surface area contributed by atoms with Crippen LogP contribution in [-0.4, -0.2) is 22.1 Å². The number of carbonyl (C=O) groups is 1. The number of carboxylic acids is 1. The Morgan fingerprint density at radius 3 is 3.00 bits per heavy atom. The maximum atomic E-state index is 11.2. The van der Waals surface area contributed by atoms with Crippen LogP contribution in [0.4, 0.5) is 5.69 Å². The van der Waals surface area contributed by atoms with Crippen molar-refractivity contribution in [3.8, 4) is 0 Å². The molecular formula is C16H17ClN2O2. The molecule has 1 fully saturated rings. The largest absolute Gasteiger partial charge is 0.481 e. The fourth-order valence-electron chi connectivity index (χ4n) is 3.03. The average Bonchev–Trinajstić information content (AvgIpc) is 2.51. The molecule has 1 aromatic carbocycles. The Hall–Kier alpha value is -1.81. The number of pyridine rings is 1. The molecule has 5 heteroatoms. The van der Waals surface area contributed by atoms with Crippen LogP contribution in [-0.2, 0) is 4.79 Å². The molecule has 1 aliphatic carbocycles. The number of nitrogens with zero attached hydrogens (tertiary/aromatic N) is 1. The molecule has 1 aromatic heterocycles. The molecule has 1 aliphatic rings. The van der Waals surface area contributed by atoms with Gasteiger partial charge in [0, 0.05) is 23.3 Å². The summed E-state index contributed by atoms with van der Waals surface area (Å²) in [7, 11) is 0. The summed E-state index contributed by atoms with van der Waals surface area (Å²) < 4.78 is 0. The third-order valence-corrected chi connectivity index (χ3v) is 4.41. The average molecular weight is 305 g/mol. The minimum absolute atomic E-state index is 0.185. The zero-order chi connectivity index (χ0) is 14.8. The summed E-state index contributed by atoms with van der Waals surface area (Å²) in [5, 5.41) is 14.3. The van der Waals surface area contributed by atoms with Gasteiger partial charge in [-0.05, 0) is 43.5 Å². The van der Waals surface area contributed by atoms with Gasteiger partial charge in [-0.15, -0.1) is 0 Å². The topological polar surface area (TPSA) is 62.2 Å². The van der Waals surface area contributed by atoms with Crippen molar-refractivity contribution in [3.05, 3.63) is 35.5 Å². The minimum Gasteiger partial charge on any atom is -0.481 e. The number of rotatable bonds is 3. The highest BCUT2D eigenvalue weighted by Gasteiger charge is 2.27. The molecule has 3 rings (SSSR count). The fraction of sp³-hybridized carbons (Fsp3) is 0.375. The van der Waals surface area contributed by atoms with Gasteiger partial charge in [0.05, 0.1) is 16.5 Å². The molecule has 4 nitrogen and oxygen atoms in total. The lowest BCUT2D eigenvalue weighted by Gasteiger charge is -2.28. The first-order valence-corrected chi connectivity index (χ1v) is 7.55. The number of aromatic nitrogens is 1. The number of aliphatic carboxylic acids is 1. The molecule has 0 radical (unpaired) electrons. The Labute approximate surface area is 128 Å². The molecule has 2 aromatic rings. The Morgan fingerprint density at radius 2 is 2.19 bits per heavy atom. The maximum absolute atomic E-state index is 11.2. The highest BCUT2D eigenvalue weighted by atomic mass is 35.5. The lowest BCUT2D eigenvalue weighted by molar-refractivity contribution is -0.142. The highest BCUT2D eigenvalue weighted by Crippen LogP contribution is 2.32. The quantitative estimate of drug-likeness (QED) is 0.901. The number of benzene rings is 1. The second-order valence-electron chi connectivity index (χ2n) is 5.54. The van der Waals surface area contributed by atoms with Crippen molar-refractivity contribution in [2.24, 2.45) is 5.92 Å². The predicted molar refractivity (Wildman–Crippen MR) is 83.8 cm³/mol. The monoisotopic (exact) mass is 304 g/mol. The summed E-state index contributed by atoms with van der Waals surface area (Å²) in [5.74, 6) is -0.933. The van der Waals surface area contributed by atoms with E-state index in [1.165, 1.54) is 0 Å². The standard InChI is InChI=1S/C16H17ClN2O2/c17-13-6-7-14(12-5-2-8-18-15(12)13)19-11-4-1-3-10(9-11)16(20)21/h2,5-8,10-11,19H,1,3-4,9H2,(H,20,21). The molecule has 1 heterocycles. The number of nitrogens with one attached hydrogen (secondary N) is 1. The van der Waals surface area contributed by atoms with Crippen LogP contribution in [0.25, 0.3) is 10.9 Å². The molecule has 0 aliphatic heterocycles. The van der Waals surface area contributed by atoms with Crippen LogP contribution in [0.3, 0.4) is 0 Å². The normalized spacial score (nSPS) is 22.1. The Morgan fingerprint density at radius 1 is 1.33 bits per heavy atom. The lowest BCUT2D eigenvalue weighted by Crippen LogP contribution is -2.31. The van der Waals surface area contributed by atoms with Crippen LogP contribution in [0.15, 0.2) is 30.5 Å². The van der Waals surface area contributed by atoms with E-state index in [0.29, 0.717) is 11.4 Å². The summed E-state index contributed by atoms with van der Waals surface area (Å²) in [5.41, 5.74) is 1.74. The van der Waals surface area contributed by atoms with Crippen LogP contribution in [0, 0.1) is 5.92 Å². The zero-order valence-corrected chi connectivity index (χ0v) is 12.3. The predicted octanol–water partition coefficient (Wildman–Crippen LogP) is 3.94. The second-order valence-corrected chi connectivity index (χ2v) is 5.94. The van der Waals surface area contributed by atoms with Gasteiger partial charge in [-0.1, -0.05) is 18.0 Å². The molecule has 0 spiro atoms. The lowest BCUT2D eigenvalue weighted by atomic mass is 9.85. The van der Waals surface area contributed by atoms with E-state index in [1.807, 2.05) is 24.3 Å². The molecule has 0 amide bonds. The number of hydrogen-bond donors (Lipinski definition) is 2. The summed E-state index contributed by atoms with van der Waals surface area (Å²) in [6, 6.07) is 7.82. The maximum Gasteiger partial charge on any atom is 0.306 e. The minimum atomic E-state index is -0.691. The first-order chi connectivity index (χ1) is 10.1. The van der Waals surface area contributed by atoms with Gasteiger partial charge in [-0.3, -0.25) is 9.78 Å². The Bertz CT molecular complexity index is 674. The van der Waals surface area contributed by atoms with Crippen LogP contribution in [0.5, 0.6) is 0 Å². The smallest absolute Gasteiger partial charge is 0.306 e. The molecule has 0 bridgehead atoms. The van der Waals surface area contributed by atoms with Crippen molar-refractivity contribution in [1.82, 2.24) is 4.98 Å². The van der Waals surface area contributed by atoms with Gasteiger partial charge in [0.25, 0.3) is 0 Å². The van der Waals surface area contributed by atoms with E-state index < -0.39 is 5.97 Å². The number of hydrogen-bond acceptors (Lipinski definition) is 3. The van der Waals surface area contributed by atoms with Crippen LogP contribution < -0.4 is 5.32 Å². The fourth-order valence-corrected chi connectivity index (χ4v) is 3.24. The first kappa shape index (κ1) is 14.1. The Kier molecular flexibility index (Phi) is 3.97. The van der Waals surface area contributed by atoms with E-state index in [-0.39, 0.29) is 12.0 Å². The number of anilines is 1. The third-order valence-electron chi connectivity index (χ3n) is 4.10. The van der Waals surface area contributed by atoms with E-state index in [9.17, 15) is 9.90 Å². The van der Waals surface area contributed by atoms with E-state index in [4.69, 9.17) is 11.6 Å². The molecule has 2 atom stereocenters. The number of carboxylic acid groups (broad SMARTS) is 1. The first-order valence-electron chi connectivity index (χ1n) is 7.17.